The molecule has 0 saturated heterocycles. The van der Waals surface area contributed by atoms with Crippen LogP contribution in [0.15, 0.2) is 48.0 Å². The van der Waals surface area contributed by atoms with Crippen LogP contribution < -0.4 is 10.1 Å². The minimum atomic E-state index is -0.212. The van der Waals surface area contributed by atoms with Crippen molar-refractivity contribution in [2.75, 3.05) is 26.8 Å². The maximum atomic E-state index is 11.2. The van der Waals surface area contributed by atoms with E-state index in [1.54, 1.807) is 0 Å². The molecule has 0 radical (unpaired) electrons. The number of aryl methyl sites for hydroxylation is 1. The average molecular weight is 462 g/mol. The first-order valence-electron chi connectivity index (χ1n) is 10.6. The van der Waals surface area contributed by atoms with Gasteiger partial charge >= 0.3 is 5.97 Å². The van der Waals surface area contributed by atoms with E-state index in [9.17, 15) is 4.79 Å². The Balaban J connectivity index is 1.53. The van der Waals surface area contributed by atoms with Gasteiger partial charge < -0.3 is 14.8 Å². The Kier molecular flexibility index (Phi) is 8.82. The van der Waals surface area contributed by atoms with E-state index in [1.165, 1.54) is 23.8 Å². The second kappa shape index (κ2) is 11.6. The van der Waals surface area contributed by atoms with Gasteiger partial charge in [-0.15, -0.1) is 0 Å². The van der Waals surface area contributed by atoms with E-state index in [0.717, 1.165) is 40.6 Å². The van der Waals surface area contributed by atoms with Crippen molar-refractivity contribution in [1.29, 1.82) is 0 Å². The molecule has 0 heterocycles. The summed E-state index contributed by atoms with van der Waals surface area (Å²) < 4.78 is 10.7. The van der Waals surface area contributed by atoms with Crippen LogP contribution in [0, 0.1) is 5.92 Å². The van der Waals surface area contributed by atoms with Crippen LogP contribution in [-0.4, -0.2) is 32.8 Å². The summed E-state index contributed by atoms with van der Waals surface area (Å²) in [5.41, 5.74) is 4.71. The normalized spacial score (nSPS) is 14.2. The van der Waals surface area contributed by atoms with E-state index in [1.807, 2.05) is 24.3 Å². The molecule has 2 aromatic carbocycles. The van der Waals surface area contributed by atoms with Crippen LogP contribution in [-0.2, 0) is 22.4 Å². The molecule has 0 saturated carbocycles. The molecule has 1 aliphatic carbocycles. The molecule has 0 unspecified atom stereocenters. The Morgan fingerprint density at radius 1 is 1.13 bits per heavy atom. The lowest BCUT2D eigenvalue weighted by Crippen LogP contribution is -2.23. The summed E-state index contributed by atoms with van der Waals surface area (Å²) in [6, 6.07) is 14.1. The minimum absolute atomic E-state index is 0.212. The summed E-state index contributed by atoms with van der Waals surface area (Å²) in [5.74, 6) is 1.06. The van der Waals surface area contributed by atoms with Gasteiger partial charge in [-0.3, -0.25) is 4.79 Å². The van der Waals surface area contributed by atoms with Gasteiger partial charge in [0.15, 0.2) is 0 Å². The number of carbonyl (C=O) groups is 1. The van der Waals surface area contributed by atoms with E-state index in [2.05, 4.69) is 35.2 Å². The van der Waals surface area contributed by atoms with Crippen LogP contribution in [0.4, 0.5) is 0 Å². The molecular formula is C25H29Cl2NO3. The largest absolute Gasteiger partial charge is 0.493 e. The number of methoxy groups -OCH3 is 1. The maximum Gasteiger partial charge on any atom is 0.306 e. The summed E-state index contributed by atoms with van der Waals surface area (Å²) in [4.78, 5) is 11.2. The Bertz CT molecular complexity index is 925. The smallest absolute Gasteiger partial charge is 0.306 e. The molecule has 0 fully saturated rings. The molecule has 4 nitrogen and oxygen atoms in total. The van der Waals surface area contributed by atoms with Crippen molar-refractivity contribution in [2.24, 2.45) is 5.92 Å². The second-order valence-electron chi connectivity index (χ2n) is 7.99. The fraction of sp³-hybridized carbons (Fsp3) is 0.400. The molecule has 0 spiro atoms. The molecule has 0 amide bonds. The molecule has 1 atom stereocenters. The monoisotopic (exact) mass is 461 g/mol. The highest BCUT2D eigenvalue weighted by Gasteiger charge is 2.18. The van der Waals surface area contributed by atoms with Crippen LogP contribution in [0.1, 0.15) is 36.5 Å². The molecule has 31 heavy (non-hydrogen) atoms. The number of esters is 1. The van der Waals surface area contributed by atoms with Gasteiger partial charge in [-0.25, -0.2) is 0 Å². The Hall–Kier alpha value is -2.01. The summed E-state index contributed by atoms with van der Waals surface area (Å²) in [6.07, 6.45) is 3.13. The van der Waals surface area contributed by atoms with Crippen LogP contribution >= 0.6 is 23.2 Å². The van der Waals surface area contributed by atoms with Gasteiger partial charge in [-0.1, -0.05) is 42.3 Å². The van der Waals surface area contributed by atoms with E-state index in [-0.39, 0.29) is 5.97 Å². The summed E-state index contributed by atoms with van der Waals surface area (Å²) in [5, 5.41) is 4.83. The highest BCUT2D eigenvalue weighted by Crippen LogP contribution is 2.35. The number of ether oxygens (including phenoxy) is 2. The first kappa shape index (κ1) is 23.6. The zero-order valence-electron chi connectivity index (χ0n) is 18.0. The summed E-state index contributed by atoms with van der Waals surface area (Å²) in [6.45, 7) is 4.09. The number of fused-ring (bicyclic) bond motifs is 1. The molecule has 0 bridgehead atoms. The van der Waals surface area contributed by atoms with Crippen molar-refractivity contribution in [3.63, 3.8) is 0 Å². The van der Waals surface area contributed by atoms with Crippen LogP contribution in [0.2, 0.25) is 5.02 Å². The van der Waals surface area contributed by atoms with Crippen LogP contribution in [0.5, 0.6) is 5.75 Å². The Labute approximate surface area is 194 Å². The standard InChI is InChI=1S/C25H29Cl2NO3/c1-17(13-18-3-7-21(26)8-4-18)16-31-22-9-10-23-19(14-22)5-6-20(25(23)27)15-28-12-11-24(29)30-2/h3-4,7-10,14,17,28H,5-6,11-13,15-16H2,1-2H3/t17-/m0/s1. The van der Waals surface area contributed by atoms with Crippen LogP contribution in [0.3, 0.4) is 0 Å². The number of benzene rings is 2. The van der Waals surface area contributed by atoms with E-state index >= 15 is 0 Å². The second-order valence-corrected chi connectivity index (χ2v) is 8.80. The molecular weight excluding hydrogens is 433 g/mol. The fourth-order valence-corrected chi connectivity index (χ4v) is 4.16. The lowest BCUT2D eigenvalue weighted by atomic mass is 9.91. The van der Waals surface area contributed by atoms with E-state index in [4.69, 9.17) is 27.9 Å². The maximum absolute atomic E-state index is 11.2. The third-order valence-corrected chi connectivity index (χ3v) is 6.15. The van der Waals surface area contributed by atoms with E-state index in [0.29, 0.717) is 32.0 Å². The number of carbonyl (C=O) groups excluding carboxylic acids is 1. The molecule has 1 aliphatic rings. The molecule has 2 aromatic rings. The first-order chi connectivity index (χ1) is 15.0. The first-order valence-corrected chi connectivity index (χ1v) is 11.4. The van der Waals surface area contributed by atoms with Gasteiger partial charge in [-0.2, -0.15) is 0 Å². The highest BCUT2D eigenvalue weighted by molar-refractivity contribution is 6.49. The topological polar surface area (TPSA) is 47.6 Å². The van der Waals surface area contributed by atoms with Gasteiger partial charge in [0.1, 0.15) is 5.75 Å². The van der Waals surface area contributed by atoms with Crippen LogP contribution in [0.25, 0.3) is 5.03 Å². The lowest BCUT2D eigenvalue weighted by molar-refractivity contribution is -0.140. The number of halogens is 2. The lowest BCUT2D eigenvalue weighted by Gasteiger charge is -2.21. The third-order valence-electron chi connectivity index (χ3n) is 5.42. The van der Waals surface area contributed by atoms with Crippen molar-refractivity contribution >= 4 is 34.2 Å². The van der Waals surface area contributed by atoms with Crippen molar-refractivity contribution < 1.29 is 14.3 Å². The number of nitrogens with one attached hydrogen (secondary N) is 1. The fourth-order valence-electron chi connectivity index (χ4n) is 3.68. The Morgan fingerprint density at radius 3 is 2.65 bits per heavy atom. The zero-order chi connectivity index (χ0) is 22.2. The van der Waals surface area contributed by atoms with Gasteiger partial charge in [0, 0.05) is 23.1 Å². The quantitative estimate of drug-likeness (QED) is 0.366. The summed E-state index contributed by atoms with van der Waals surface area (Å²) in [7, 11) is 1.40. The van der Waals surface area contributed by atoms with Crippen molar-refractivity contribution in [3.8, 4) is 5.75 Å². The SMILES string of the molecule is COC(=O)CCNCC1=C(Cl)c2ccc(OC[C@@H](C)Cc3ccc(Cl)cc3)cc2CC1. The molecule has 0 aliphatic heterocycles. The number of hydrogen-bond donors (Lipinski definition) is 1. The number of hydrogen-bond acceptors (Lipinski definition) is 4. The van der Waals surface area contributed by atoms with Gasteiger partial charge in [0.05, 0.1) is 20.1 Å². The number of rotatable bonds is 10. The Morgan fingerprint density at radius 2 is 1.90 bits per heavy atom. The molecule has 166 valence electrons. The average Bonchev–Trinajstić information content (AvgIpc) is 2.78. The van der Waals surface area contributed by atoms with Gasteiger partial charge in [0.25, 0.3) is 0 Å². The summed E-state index contributed by atoms with van der Waals surface area (Å²) >= 11 is 12.6. The predicted octanol–water partition coefficient (Wildman–Crippen LogP) is 5.65. The highest BCUT2D eigenvalue weighted by atomic mass is 35.5. The minimum Gasteiger partial charge on any atom is -0.493 e. The molecule has 3 rings (SSSR count). The zero-order valence-corrected chi connectivity index (χ0v) is 19.6. The molecule has 6 heteroatoms. The van der Waals surface area contributed by atoms with Gasteiger partial charge in [0.2, 0.25) is 0 Å². The van der Waals surface area contributed by atoms with Crippen molar-refractivity contribution in [1.82, 2.24) is 5.32 Å². The van der Waals surface area contributed by atoms with E-state index < -0.39 is 0 Å². The van der Waals surface area contributed by atoms with Gasteiger partial charge in [-0.05, 0) is 77.8 Å². The van der Waals surface area contributed by atoms with Crippen molar-refractivity contribution in [2.45, 2.75) is 32.6 Å². The molecule has 0 aromatic heterocycles. The third kappa shape index (κ3) is 6.99. The van der Waals surface area contributed by atoms with Crippen molar-refractivity contribution in [3.05, 3.63) is 69.8 Å². The molecule has 1 N–H and O–H groups in total. The predicted molar refractivity (Wildman–Crippen MR) is 127 cm³/mol.